The number of rotatable bonds is 9. The van der Waals surface area contributed by atoms with Crippen LogP contribution in [0.25, 0.3) is 0 Å². The van der Waals surface area contributed by atoms with Crippen molar-refractivity contribution in [2.45, 2.75) is 76.0 Å². The molecule has 0 bridgehead atoms. The minimum Gasteiger partial charge on any atom is -0.394 e. The van der Waals surface area contributed by atoms with E-state index in [0.29, 0.717) is 26.2 Å². The van der Waals surface area contributed by atoms with Gasteiger partial charge in [-0.15, -0.1) is 0 Å². The molecule has 3 rings (SSSR count). The number of aliphatic hydroxyl groups excluding tert-OH is 1. The Hall–Kier alpha value is -1.22. The van der Waals surface area contributed by atoms with Crippen molar-refractivity contribution in [3.05, 3.63) is 0 Å². The number of likely N-dealkylation sites (tertiary alicyclic amines) is 1. The highest BCUT2D eigenvalue weighted by molar-refractivity contribution is 5.79. The Morgan fingerprint density at radius 1 is 1.03 bits per heavy atom. The second-order valence-corrected chi connectivity index (χ2v) is 8.85. The summed E-state index contributed by atoms with van der Waals surface area (Å²) in [6, 6.07) is -0.152. The molecule has 0 radical (unpaired) electrons. The van der Waals surface area contributed by atoms with Crippen LogP contribution in [-0.2, 0) is 19.1 Å². The molecule has 0 unspecified atom stereocenters. The van der Waals surface area contributed by atoms with Gasteiger partial charge in [0.2, 0.25) is 11.8 Å². The Morgan fingerprint density at radius 2 is 1.80 bits per heavy atom. The molecule has 3 saturated heterocycles. The Balaban J connectivity index is 1.31. The molecule has 0 aromatic carbocycles. The summed E-state index contributed by atoms with van der Waals surface area (Å²) in [6.07, 6.45) is 7.78. The normalized spacial score (nSPS) is 28.8. The summed E-state index contributed by atoms with van der Waals surface area (Å²) >= 11 is 0. The van der Waals surface area contributed by atoms with Gasteiger partial charge in [-0.2, -0.15) is 0 Å². The molecule has 3 atom stereocenters. The van der Waals surface area contributed by atoms with E-state index in [4.69, 9.17) is 9.47 Å². The molecule has 3 N–H and O–H groups in total. The molecule has 3 fully saturated rings. The first-order chi connectivity index (χ1) is 14.7. The molecule has 0 aromatic rings. The smallest absolute Gasteiger partial charge is 0.223 e. The molecule has 8 heteroatoms. The summed E-state index contributed by atoms with van der Waals surface area (Å²) in [5, 5.41) is 15.8. The van der Waals surface area contributed by atoms with Crippen molar-refractivity contribution < 1.29 is 24.2 Å². The van der Waals surface area contributed by atoms with E-state index in [1.807, 2.05) is 0 Å². The van der Waals surface area contributed by atoms with Crippen molar-refractivity contribution in [2.24, 2.45) is 5.92 Å². The zero-order chi connectivity index (χ0) is 21.2. The average Bonchev–Trinajstić information content (AvgIpc) is 2.79. The number of hydrogen-bond donors (Lipinski definition) is 3. The third-order valence-electron chi connectivity index (χ3n) is 6.61. The van der Waals surface area contributed by atoms with E-state index in [2.05, 4.69) is 15.5 Å². The van der Waals surface area contributed by atoms with Crippen LogP contribution in [0.4, 0.5) is 0 Å². The van der Waals surface area contributed by atoms with E-state index in [0.717, 1.165) is 51.7 Å². The van der Waals surface area contributed by atoms with Crippen molar-refractivity contribution in [1.82, 2.24) is 15.5 Å². The first-order valence-corrected chi connectivity index (χ1v) is 11.8. The highest BCUT2D eigenvalue weighted by atomic mass is 16.5. The quantitative estimate of drug-likeness (QED) is 0.506. The van der Waals surface area contributed by atoms with Gasteiger partial charge in [0.05, 0.1) is 18.8 Å². The molecular formula is C22H39N3O5. The number of nitrogens with one attached hydrogen (secondary N) is 2. The molecule has 172 valence electrons. The second-order valence-electron chi connectivity index (χ2n) is 8.85. The highest BCUT2D eigenvalue weighted by Gasteiger charge is 2.33. The van der Waals surface area contributed by atoms with E-state index in [-0.39, 0.29) is 42.6 Å². The predicted molar refractivity (Wildman–Crippen MR) is 113 cm³/mol. The van der Waals surface area contributed by atoms with Crippen LogP contribution in [-0.4, -0.2) is 86.1 Å². The largest absolute Gasteiger partial charge is 0.394 e. The summed E-state index contributed by atoms with van der Waals surface area (Å²) in [6.45, 7) is 4.80. The van der Waals surface area contributed by atoms with E-state index in [1.54, 1.807) is 0 Å². The molecule has 30 heavy (non-hydrogen) atoms. The summed E-state index contributed by atoms with van der Waals surface area (Å²) in [7, 11) is 0. The minimum absolute atomic E-state index is 0.000720. The number of piperidine rings is 1. The van der Waals surface area contributed by atoms with E-state index >= 15 is 0 Å². The number of carbonyl (C=O) groups excluding carboxylic acids is 2. The Kier molecular flexibility index (Phi) is 9.84. The molecule has 3 aliphatic rings. The molecule has 0 saturated carbocycles. The first-order valence-electron chi connectivity index (χ1n) is 11.8. The van der Waals surface area contributed by atoms with Gasteiger partial charge in [0.15, 0.2) is 0 Å². The maximum absolute atomic E-state index is 12.5. The van der Waals surface area contributed by atoms with Gasteiger partial charge >= 0.3 is 0 Å². The van der Waals surface area contributed by atoms with Crippen molar-refractivity contribution in [1.29, 1.82) is 0 Å². The Morgan fingerprint density at radius 3 is 2.53 bits per heavy atom. The van der Waals surface area contributed by atoms with Gasteiger partial charge < -0.3 is 30.1 Å². The summed E-state index contributed by atoms with van der Waals surface area (Å²) in [5.41, 5.74) is 0. The minimum atomic E-state index is -0.387. The van der Waals surface area contributed by atoms with E-state index in [1.165, 1.54) is 19.3 Å². The van der Waals surface area contributed by atoms with Gasteiger partial charge in [-0.3, -0.25) is 9.59 Å². The maximum Gasteiger partial charge on any atom is 0.223 e. The van der Waals surface area contributed by atoms with Crippen LogP contribution in [0.2, 0.25) is 0 Å². The van der Waals surface area contributed by atoms with Crippen molar-refractivity contribution in [3.63, 3.8) is 0 Å². The van der Waals surface area contributed by atoms with Crippen LogP contribution in [0.5, 0.6) is 0 Å². The number of ether oxygens (including phenoxy) is 2. The highest BCUT2D eigenvalue weighted by Crippen LogP contribution is 2.23. The molecule has 2 amide bonds. The molecule has 0 spiro atoms. The number of carbonyl (C=O) groups is 2. The summed E-state index contributed by atoms with van der Waals surface area (Å²) < 4.78 is 11.3. The van der Waals surface area contributed by atoms with Gasteiger partial charge in [-0.05, 0) is 58.0 Å². The third kappa shape index (κ3) is 7.48. The molecular weight excluding hydrogens is 386 g/mol. The lowest BCUT2D eigenvalue weighted by atomic mass is 9.94. The summed E-state index contributed by atoms with van der Waals surface area (Å²) in [4.78, 5) is 26.9. The van der Waals surface area contributed by atoms with Gasteiger partial charge in [0.25, 0.3) is 0 Å². The molecule has 3 aliphatic heterocycles. The Bertz CT molecular complexity index is 535. The van der Waals surface area contributed by atoms with Gasteiger partial charge in [0, 0.05) is 38.6 Å². The Labute approximate surface area is 180 Å². The number of nitrogens with zero attached hydrogens (tertiary/aromatic N) is 1. The van der Waals surface area contributed by atoms with Crippen LogP contribution in [0.3, 0.4) is 0 Å². The van der Waals surface area contributed by atoms with Crippen LogP contribution in [0.15, 0.2) is 0 Å². The third-order valence-corrected chi connectivity index (χ3v) is 6.61. The molecule has 3 heterocycles. The zero-order valence-corrected chi connectivity index (χ0v) is 18.2. The maximum atomic E-state index is 12.5. The van der Waals surface area contributed by atoms with Gasteiger partial charge in [-0.1, -0.05) is 6.42 Å². The van der Waals surface area contributed by atoms with Gasteiger partial charge in [-0.25, -0.2) is 0 Å². The molecule has 8 nitrogen and oxygen atoms in total. The fourth-order valence-corrected chi connectivity index (χ4v) is 4.67. The van der Waals surface area contributed by atoms with Crippen LogP contribution >= 0.6 is 0 Å². The number of amides is 2. The number of hydrogen-bond acceptors (Lipinski definition) is 6. The van der Waals surface area contributed by atoms with Crippen molar-refractivity contribution >= 4 is 11.8 Å². The molecule has 0 aromatic heterocycles. The number of aliphatic hydroxyl groups is 1. The van der Waals surface area contributed by atoms with E-state index < -0.39 is 0 Å². The van der Waals surface area contributed by atoms with Gasteiger partial charge in [0.1, 0.15) is 6.10 Å². The van der Waals surface area contributed by atoms with Crippen LogP contribution < -0.4 is 10.6 Å². The zero-order valence-electron chi connectivity index (χ0n) is 18.2. The standard InChI is InChI=1S/C22H39N3O5/c26-16-20-19(24-22(28)17-8-14-29-15-9-17)5-4-18(30-20)6-10-23-21(27)7-13-25-11-2-1-3-12-25/h17-20,26H,1-16H2,(H,23,27)(H,24,28)/t18-,19-,20+/m1/s1. The van der Waals surface area contributed by atoms with E-state index in [9.17, 15) is 14.7 Å². The molecule has 0 aliphatic carbocycles. The van der Waals surface area contributed by atoms with Crippen molar-refractivity contribution in [2.75, 3.05) is 46.0 Å². The van der Waals surface area contributed by atoms with Crippen LogP contribution in [0, 0.1) is 5.92 Å². The monoisotopic (exact) mass is 425 g/mol. The topological polar surface area (TPSA) is 100 Å². The lowest BCUT2D eigenvalue weighted by Gasteiger charge is -2.37. The summed E-state index contributed by atoms with van der Waals surface area (Å²) in [5.74, 6) is 0.137. The fourth-order valence-electron chi connectivity index (χ4n) is 4.67. The lowest BCUT2D eigenvalue weighted by Crippen LogP contribution is -2.52. The fraction of sp³-hybridized carbons (Fsp3) is 0.909. The SMILES string of the molecule is O=C(CCN1CCCCC1)NCC[C@H]1CC[C@@H](NC(=O)C2CCOCC2)[C@H](CO)O1. The lowest BCUT2D eigenvalue weighted by molar-refractivity contribution is -0.135. The first kappa shape index (κ1) is 23.4. The predicted octanol–water partition coefficient (Wildman–Crippen LogP) is 0.820. The average molecular weight is 426 g/mol. The van der Waals surface area contributed by atoms with Crippen LogP contribution in [0.1, 0.15) is 57.8 Å². The van der Waals surface area contributed by atoms with Crippen molar-refractivity contribution in [3.8, 4) is 0 Å². The second kappa shape index (κ2) is 12.6.